The number of carbonyl (C=O) groups is 1. The van der Waals surface area contributed by atoms with Gasteiger partial charge in [0.25, 0.3) is 5.91 Å². The van der Waals surface area contributed by atoms with E-state index in [2.05, 4.69) is 17.6 Å². The number of benzene rings is 1. The highest BCUT2D eigenvalue weighted by atomic mass is 16.5. The standard InChI is InChI=1S/C16H24N2O2/c1-11-5-4-6-14(9-11)20-13(3)16(19)18-15-7-8-17-10-12(15)2/h4-6,9,12-13,15,17H,7-8,10H2,1-3H3,(H,18,19). The largest absolute Gasteiger partial charge is 0.481 e. The molecule has 0 aromatic heterocycles. The van der Waals surface area contributed by atoms with Crippen LogP contribution >= 0.6 is 0 Å². The summed E-state index contributed by atoms with van der Waals surface area (Å²) >= 11 is 0. The van der Waals surface area contributed by atoms with E-state index in [9.17, 15) is 4.79 Å². The Hall–Kier alpha value is -1.55. The molecule has 1 fully saturated rings. The van der Waals surface area contributed by atoms with Gasteiger partial charge in [-0.3, -0.25) is 4.79 Å². The number of rotatable bonds is 4. The van der Waals surface area contributed by atoms with Gasteiger partial charge in [0.1, 0.15) is 5.75 Å². The van der Waals surface area contributed by atoms with Gasteiger partial charge in [-0.1, -0.05) is 19.1 Å². The van der Waals surface area contributed by atoms with Crippen molar-refractivity contribution in [3.8, 4) is 5.75 Å². The number of nitrogens with one attached hydrogen (secondary N) is 2. The first kappa shape index (κ1) is 14.9. The maximum Gasteiger partial charge on any atom is 0.261 e. The van der Waals surface area contributed by atoms with E-state index in [1.54, 1.807) is 6.92 Å². The molecule has 0 bridgehead atoms. The summed E-state index contributed by atoms with van der Waals surface area (Å²) in [6.45, 7) is 7.88. The average Bonchev–Trinajstić information content (AvgIpc) is 2.41. The molecule has 1 heterocycles. The monoisotopic (exact) mass is 276 g/mol. The maximum absolute atomic E-state index is 12.2. The quantitative estimate of drug-likeness (QED) is 0.883. The Labute approximate surface area is 120 Å². The van der Waals surface area contributed by atoms with Gasteiger partial charge in [-0.25, -0.2) is 0 Å². The highest BCUT2D eigenvalue weighted by Gasteiger charge is 2.25. The molecular formula is C16H24N2O2. The predicted molar refractivity (Wildman–Crippen MR) is 79.9 cm³/mol. The predicted octanol–water partition coefficient (Wildman–Crippen LogP) is 1.88. The van der Waals surface area contributed by atoms with E-state index in [-0.39, 0.29) is 11.9 Å². The molecule has 3 atom stereocenters. The third kappa shape index (κ3) is 3.97. The molecule has 1 amide bonds. The normalized spacial score (nSPS) is 23.9. The zero-order valence-corrected chi connectivity index (χ0v) is 12.5. The number of hydrogen-bond donors (Lipinski definition) is 2. The van der Waals surface area contributed by atoms with Crippen molar-refractivity contribution in [2.24, 2.45) is 5.92 Å². The summed E-state index contributed by atoms with van der Waals surface area (Å²) in [5.41, 5.74) is 1.13. The van der Waals surface area contributed by atoms with Gasteiger partial charge in [0.15, 0.2) is 6.10 Å². The highest BCUT2D eigenvalue weighted by Crippen LogP contribution is 2.15. The van der Waals surface area contributed by atoms with E-state index in [1.807, 2.05) is 31.2 Å². The van der Waals surface area contributed by atoms with Gasteiger partial charge in [0.05, 0.1) is 0 Å². The lowest BCUT2D eigenvalue weighted by Gasteiger charge is -2.31. The Morgan fingerprint density at radius 2 is 2.30 bits per heavy atom. The van der Waals surface area contributed by atoms with Gasteiger partial charge < -0.3 is 15.4 Å². The molecule has 1 saturated heterocycles. The second kappa shape index (κ2) is 6.75. The third-order valence-electron chi connectivity index (χ3n) is 3.78. The van der Waals surface area contributed by atoms with E-state index in [1.165, 1.54) is 0 Å². The zero-order chi connectivity index (χ0) is 14.5. The topological polar surface area (TPSA) is 50.4 Å². The molecule has 4 nitrogen and oxygen atoms in total. The summed E-state index contributed by atoms with van der Waals surface area (Å²) < 4.78 is 5.71. The minimum Gasteiger partial charge on any atom is -0.481 e. The van der Waals surface area contributed by atoms with Crippen LogP contribution in [0.25, 0.3) is 0 Å². The lowest BCUT2D eigenvalue weighted by Crippen LogP contribution is -2.51. The maximum atomic E-state index is 12.2. The smallest absolute Gasteiger partial charge is 0.261 e. The van der Waals surface area contributed by atoms with Crippen LogP contribution in [0.5, 0.6) is 5.75 Å². The van der Waals surface area contributed by atoms with Crippen molar-refractivity contribution in [3.63, 3.8) is 0 Å². The number of piperidine rings is 1. The molecule has 1 aliphatic heterocycles. The van der Waals surface area contributed by atoms with Crippen LogP contribution < -0.4 is 15.4 Å². The number of aryl methyl sites for hydroxylation is 1. The minimum atomic E-state index is -0.473. The summed E-state index contributed by atoms with van der Waals surface area (Å²) in [6, 6.07) is 8.01. The van der Waals surface area contributed by atoms with Crippen molar-refractivity contribution in [2.45, 2.75) is 39.3 Å². The molecular weight excluding hydrogens is 252 g/mol. The minimum absolute atomic E-state index is 0.0368. The first-order chi connectivity index (χ1) is 9.56. The Balaban J connectivity index is 1.88. The van der Waals surface area contributed by atoms with Crippen LogP contribution in [-0.2, 0) is 4.79 Å². The molecule has 2 N–H and O–H groups in total. The van der Waals surface area contributed by atoms with Crippen LogP contribution in [0, 0.1) is 12.8 Å². The fourth-order valence-electron chi connectivity index (χ4n) is 2.47. The van der Waals surface area contributed by atoms with E-state index in [0.29, 0.717) is 5.92 Å². The van der Waals surface area contributed by atoms with Crippen LogP contribution in [0.15, 0.2) is 24.3 Å². The van der Waals surface area contributed by atoms with Crippen molar-refractivity contribution in [1.29, 1.82) is 0 Å². The molecule has 0 radical (unpaired) electrons. The van der Waals surface area contributed by atoms with Gasteiger partial charge in [-0.15, -0.1) is 0 Å². The first-order valence-corrected chi connectivity index (χ1v) is 7.30. The summed E-state index contributed by atoms with van der Waals surface area (Å²) in [4.78, 5) is 12.2. The molecule has 20 heavy (non-hydrogen) atoms. The van der Waals surface area contributed by atoms with E-state index >= 15 is 0 Å². The van der Waals surface area contributed by atoms with Crippen LogP contribution in [0.2, 0.25) is 0 Å². The Morgan fingerprint density at radius 3 is 3.00 bits per heavy atom. The van der Waals surface area contributed by atoms with Crippen LogP contribution in [0.3, 0.4) is 0 Å². The SMILES string of the molecule is Cc1cccc(OC(C)C(=O)NC2CCNCC2C)c1. The summed E-state index contributed by atoms with van der Waals surface area (Å²) in [6.07, 6.45) is 0.503. The summed E-state index contributed by atoms with van der Waals surface area (Å²) in [5.74, 6) is 1.16. The number of carbonyl (C=O) groups excluding carboxylic acids is 1. The van der Waals surface area contributed by atoms with Gasteiger partial charge in [0.2, 0.25) is 0 Å². The summed E-state index contributed by atoms with van der Waals surface area (Å²) in [5, 5.41) is 6.43. The fraction of sp³-hybridized carbons (Fsp3) is 0.562. The van der Waals surface area contributed by atoms with Gasteiger partial charge in [-0.2, -0.15) is 0 Å². The fourth-order valence-corrected chi connectivity index (χ4v) is 2.47. The zero-order valence-electron chi connectivity index (χ0n) is 12.5. The first-order valence-electron chi connectivity index (χ1n) is 7.30. The van der Waals surface area contributed by atoms with Crippen molar-refractivity contribution in [2.75, 3.05) is 13.1 Å². The molecule has 1 aromatic carbocycles. The molecule has 110 valence electrons. The van der Waals surface area contributed by atoms with E-state index in [4.69, 9.17) is 4.74 Å². The lowest BCUT2D eigenvalue weighted by molar-refractivity contribution is -0.128. The molecule has 0 spiro atoms. The third-order valence-corrected chi connectivity index (χ3v) is 3.78. The van der Waals surface area contributed by atoms with Crippen LogP contribution in [0.1, 0.15) is 25.8 Å². The molecule has 4 heteroatoms. The molecule has 1 aromatic rings. The Morgan fingerprint density at radius 1 is 1.50 bits per heavy atom. The van der Waals surface area contributed by atoms with Crippen molar-refractivity contribution in [3.05, 3.63) is 29.8 Å². The van der Waals surface area contributed by atoms with Gasteiger partial charge in [0, 0.05) is 6.04 Å². The Kier molecular flexibility index (Phi) is 5.01. The molecule has 3 unspecified atom stereocenters. The average molecular weight is 276 g/mol. The highest BCUT2D eigenvalue weighted by molar-refractivity contribution is 5.81. The molecule has 2 rings (SSSR count). The summed E-state index contributed by atoms with van der Waals surface area (Å²) in [7, 11) is 0. The second-order valence-electron chi connectivity index (χ2n) is 5.66. The molecule has 1 aliphatic rings. The van der Waals surface area contributed by atoms with Crippen molar-refractivity contribution in [1.82, 2.24) is 10.6 Å². The second-order valence-corrected chi connectivity index (χ2v) is 5.66. The van der Waals surface area contributed by atoms with Crippen molar-refractivity contribution < 1.29 is 9.53 Å². The number of hydrogen-bond acceptors (Lipinski definition) is 3. The van der Waals surface area contributed by atoms with Crippen molar-refractivity contribution >= 4 is 5.91 Å². The Bertz CT molecular complexity index is 462. The van der Waals surface area contributed by atoms with Crippen LogP contribution in [0.4, 0.5) is 0 Å². The lowest BCUT2D eigenvalue weighted by atomic mass is 9.95. The van der Waals surface area contributed by atoms with E-state index in [0.717, 1.165) is 30.8 Å². The van der Waals surface area contributed by atoms with E-state index < -0.39 is 6.10 Å². The number of amides is 1. The number of ether oxygens (including phenoxy) is 1. The van der Waals surface area contributed by atoms with Gasteiger partial charge >= 0.3 is 0 Å². The van der Waals surface area contributed by atoms with Gasteiger partial charge in [-0.05, 0) is 57.0 Å². The molecule has 0 saturated carbocycles. The molecule has 0 aliphatic carbocycles. The van der Waals surface area contributed by atoms with Crippen LogP contribution in [-0.4, -0.2) is 31.1 Å².